The molecule has 2 aromatic rings. The minimum Gasteiger partial charge on any atom is -0.0883 e. The maximum atomic E-state index is 7.22. The van der Waals surface area contributed by atoms with Gasteiger partial charge in [-0.05, 0) is 12.1 Å². The van der Waals surface area contributed by atoms with E-state index < -0.39 is 0 Å². The minimum absolute atomic E-state index is 0.366. The highest BCUT2D eigenvalue weighted by Crippen LogP contribution is 2.09. The van der Waals surface area contributed by atoms with E-state index in [1.54, 1.807) is 0 Å². The van der Waals surface area contributed by atoms with E-state index in [2.05, 4.69) is 24.3 Å². The summed E-state index contributed by atoms with van der Waals surface area (Å²) in [5.41, 5.74) is 1.08. The highest BCUT2D eigenvalue weighted by molar-refractivity contribution is 6.33. The number of benzene rings is 2. The third kappa shape index (κ3) is 1.14. The molecule has 0 N–H and O–H groups in total. The molecule has 0 bridgehead atoms. The highest BCUT2D eigenvalue weighted by Gasteiger charge is 1.89. The van der Waals surface area contributed by atoms with Gasteiger partial charge in [-0.15, -0.1) is 0 Å². The zero-order chi connectivity index (χ0) is 8.39. The van der Waals surface area contributed by atoms with Gasteiger partial charge in [0.2, 0.25) is 0 Å². The van der Waals surface area contributed by atoms with Gasteiger partial charge in [0, 0.05) is 0 Å². The molecule has 0 aromatic heterocycles. The average molecular weight is 141 g/mol. The molecule has 0 unspecified atom stereocenters. The average Bonchev–Trinajstić information content (AvgIpc) is 2.17. The minimum atomic E-state index is 0.366. The van der Waals surface area contributed by atoms with E-state index in [1.807, 2.05) is 18.2 Å². The van der Waals surface area contributed by atoms with Crippen molar-refractivity contribution < 1.29 is 0 Å². The van der Waals surface area contributed by atoms with Gasteiger partial charge in [-0.3, -0.25) is 0 Å². The quantitative estimate of drug-likeness (QED) is 0.521. The second-order valence-corrected chi connectivity index (χ2v) is 2.68. The first-order chi connectivity index (χ1) is 5.90. The van der Waals surface area contributed by atoms with E-state index in [-0.39, 0.29) is 0 Å². The van der Waals surface area contributed by atoms with Crippen LogP contribution in [0.1, 0.15) is 0 Å². The fourth-order valence-corrected chi connectivity index (χ4v) is 1.24. The van der Waals surface area contributed by atoms with Crippen LogP contribution < -0.4 is 5.46 Å². The number of rotatable bonds is 1. The molecule has 0 saturated carbocycles. The summed E-state index contributed by atoms with van der Waals surface area (Å²) in [7, 11) is 0.366. The van der Waals surface area contributed by atoms with Gasteiger partial charge < -0.3 is 0 Å². The van der Waals surface area contributed by atoms with E-state index in [4.69, 9.17) is 1.34 Å². The van der Waals surface area contributed by atoms with E-state index >= 15 is 0 Å². The Hall–Kier alpha value is -1.24. The van der Waals surface area contributed by atoms with Crippen molar-refractivity contribution in [1.82, 2.24) is 0 Å². The molecule has 0 spiro atoms. The van der Waals surface area contributed by atoms with Gasteiger partial charge in [-0.1, -0.05) is 47.9 Å². The molecule has 0 nitrogen and oxygen atoms in total. The van der Waals surface area contributed by atoms with Crippen LogP contribution in [0.5, 0.6) is 0 Å². The van der Waals surface area contributed by atoms with Crippen LogP contribution in [0.4, 0.5) is 0 Å². The van der Waals surface area contributed by atoms with Gasteiger partial charge in [0.05, 0.1) is 0 Å². The Morgan fingerprint density at radius 1 is 1.00 bits per heavy atom. The van der Waals surface area contributed by atoms with Crippen molar-refractivity contribution in [3.05, 3.63) is 42.5 Å². The molecular weight excluding hydrogens is 131 g/mol. The fraction of sp³-hybridized carbons (Fsp3) is 0. The normalized spacial score (nSPS) is 11.1. The van der Waals surface area contributed by atoms with E-state index in [0.29, 0.717) is 7.81 Å². The molecule has 0 aliphatic rings. The summed E-state index contributed by atoms with van der Waals surface area (Å²) in [5.74, 6) is 0. The lowest BCUT2D eigenvalue weighted by Gasteiger charge is -1.96. The summed E-state index contributed by atoms with van der Waals surface area (Å²) in [5, 5.41) is 2.47. The Bertz CT molecular complexity index is 398. The van der Waals surface area contributed by atoms with Crippen molar-refractivity contribution in [1.29, 1.82) is 1.34 Å². The van der Waals surface area contributed by atoms with Gasteiger partial charge in [0.15, 0.2) is 0 Å². The van der Waals surface area contributed by atoms with Crippen molar-refractivity contribution in [2.45, 2.75) is 0 Å². The lowest BCUT2D eigenvalue weighted by atomic mass is 9.94. The summed E-state index contributed by atoms with van der Waals surface area (Å²) in [6.45, 7) is 0. The van der Waals surface area contributed by atoms with Crippen molar-refractivity contribution in [2.75, 3.05) is 0 Å². The molecule has 0 fully saturated rings. The molecule has 1 heteroatoms. The molecule has 0 radical (unpaired) electrons. The van der Waals surface area contributed by atoms with Crippen LogP contribution in [0, 0.1) is 0 Å². The molecule has 0 aliphatic heterocycles. The Morgan fingerprint density at radius 2 is 1.82 bits per heavy atom. The van der Waals surface area contributed by atoms with Crippen LogP contribution >= 0.6 is 0 Å². The molecule has 0 amide bonds. The third-order valence-corrected chi connectivity index (χ3v) is 1.81. The van der Waals surface area contributed by atoms with E-state index in [1.165, 1.54) is 10.8 Å². The molecule has 0 aliphatic carbocycles. The summed E-state index contributed by atoms with van der Waals surface area (Å²) in [6, 6.07) is 14.4. The largest absolute Gasteiger partial charge is 0.139 e. The van der Waals surface area contributed by atoms with Crippen molar-refractivity contribution in [3.8, 4) is 0 Å². The van der Waals surface area contributed by atoms with Crippen LogP contribution in [-0.4, -0.2) is 9.15 Å². The van der Waals surface area contributed by atoms with Gasteiger partial charge in [-0.2, -0.15) is 0 Å². The summed E-state index contributed by atoms with van der Waals surface area (Å²) in [6.07, 6.45) is 0. The number of hydrogen-bond acceptors (Lipinski definition) is 0. The fourth-order valence-electron chi connectivity index (χ4n) is 1.24. The van der Waals surface area contributed by atoms with Crippen molar-refractivity contribution >= 4 is 24.0 Å². The standard InChI is InChI=1S/C10H9B/c11-10-6-5-8-3-1-2-4-9(8)7-10/h1-7H,11H2/i11D. The first kappa shape index (κ1) is 5.42. The molecule has 2 rings (SSSR count). The van der Waals surface area contributed by atoms with E-state index in [0.717, 1.165) is 5.46 Å². The summed E-state index contributed by atoms with van der Waals surface area (Å²) in [4.78, 5) is 0. The third-order valence-electron chi connectivity index (χ3n) is 1.81. The summed E-state index contributed by atoms with van der Waals surface area (Å²) < 4.78 is 7.22. The number of fused-ring (bicyclic) bond motifs is 1. The molecular formula is C10H9B. The molecule has 2 aromatic carbocycles. The first-order valence-electron chi connectivity index (χ1n) is 4.38. The Labute approximate surface area is 68.6 Å². The van der Waals surface area contributed by atoms with Crippen molar-refractivity contribution in [3.63, 3.8) is 0 Å². The highest BCUT2D eigenvalue weighted by atomic mass is 13.9. The predicted molar refractivity (Wildman–Crippen MR) is 52.1 cm³/mol. The maximum Gasteiger partial charge on any atom is 0.139 e. The Morgan fingerprint density at radius 3 is 2.64 bits per heavy atom. The van der Waals surface area contributed by atoms with Crippen molar-refractivity contribution in [2.24, 2.45) is 0 Å². The zero-order valence-electron chi connectivity index (χ0n) is 7.25. The van der Waals surface area contributed by atoms with Gasteiger partial charge in [-0.25, -0.2) is 0 Å². The van der Waals surface area contributed by atoms with Crippen LogP contribution in [-0.2, 0) is 0 Å². The molecule has 0 saturated heterocycles. The Balaban J connectivity index is 2.67. The summed E-state index contributed by atoms with van der Waals surface area (Å²) >= 11 is 0. The topological polar surface area (TPSA) is 0 Å². The van der Waals surface area contributed by atoms with Crippen LogP contribution in [0.2, 0.25) is 0 Å². The number of hydrogen-bond donors (Lipinski definition) is 0. The molecule has 0 atom stereocenters. The second-order valence-electron chi connectivity index (χ2n) is 2.68. The first-order valence-corrected chi connectivity index (χ1v) is 3.67. The van der Waals surface area contributed by atoms with Crippen LogP contribution in [0.3, 0.4) is 0 Å². The van der Waals surface area contributed by atoms with Crippen LogP contribution in [0.15, 0.2) is 42.5 Å². The van der Waals surface area contributed by atoms with E-state index in [9.17, 15) is 0 Å². The molecule has 0 heterocycles. The van der Waals surface area contributed by atoms with Gasteiger partial charge in [0.1, 0.15) is 7.81 Å². The second kappa shape index (κ2) is 2.42. The van der Waals surface area contributed by atoms with Gasteiger partial charge in [0.25, 0.3) is 0 Å². The van der Waals surface area contributed by atoms with Crippen LogP contribution in [0.25, 0.3) is 10.8 Å². The lowest BCUT2D eigenvalue weighted by Crippen LogP contribution is -1.99. The SMILES string of the molecule is [2H]Bc1ccc2ccccc2c1. The zero-order valence-corrected chi connectivity index (χ0v) is 6.25. The Kier molecular flexibility index (Phi) is 1.19. The van der Waals surface area contributed by atoms with Gasteiger partial charge >= 0.3 is 0 Å². The predicted octanol–water partition coefficient (Wildman–Crippen LogP) is 1.10. The lowest BCUT2D eigenvalue weighted by molar-refractivity contribution is 1.78. The maximum absolute atomic E-state index is 7.22. The monoisotopic (exact) mass is 141 g/mol. The smallest absolute Gasteiger partial charge is 0.0883 e. The molecule has 11 heavy (non-hydrogen) atoms. The molecule has 52 valence electrons.